The maximum absolute atomic E-state index is 5.91. The van der Waals surface area contributed by atoms with Crippen LogP contribution in [0.4, 0.5) is 0 Å². The zero-order valence-electron chi connectivity index (χ0n) is 11.8. The number of hydrogen-bond acceptors (Lipinski definition) is 4. The third-order valence-electron chi connectivity index (χ3n) is 3.56. The summed E-state index contributed by atoms with van der Waals surface area (Å²) < 4.78 is 5.24. The molecular weight excluding hydrogens is 286 g/mol. The Morgan fingerprint density at radius 2 is 1.86 bits per heavy atom. The van der Waals surface area contributed by atoms with E-state index in [2.05, 4.69) is 27.1 Å². The Labute approximate surface area is 129 Å². The first kappa shape index (κ1) is 14.2. The van der Waals surface area contributed by atoms with Gasteiger partial charge in [-0.2, -0.15) is 5.10 Å². The predicted octanol–water partition coefficient (Wildman–Crippen LogP) is 3.08. The van der Waals surface area contributed by atoms with Crippen molar-refractivity contribution in [3.63, 3.8) is 0 Å². The highest BCUT2D eigenvalue weighted by molar-refractivity contribution is 6.30. The molecule has 0 N–H and O–H groups in total. The van der Waals surface area contributed by atoms with Crippen molar-refractivity contribution in [1.82, 2.24) is 9.91 Å². The molecule has 0 saturated carbocycles. The van der Waals surface area contributed by atoms with E-state index in [0.29, 0.717) is 0 Å². The summed E-state index contributed by atoms with van der Waals surface area (Å²) in [5.74, 6) is 0.790. The molecule has 0 spiro atoms. The number of hydrogen-bond donors (Lipinski definition) is 0. The molecule has 0 aliphatic carbocycles. The van der Waals surface area contributed by atoms with Gasteiger partial charge in [0.1, 0.15) is 5.76 Å². The standard InChI is InChI=1S/C16H18ClN3O/c17-15-5-3-14(4-6-15)13-19-7-9-20(10-8-19)18-12-16-2-1-11-21-16/h1-6,11-12H,7-10,13H2/b18-12-. The second-order valence-electron chi connectivity index (χ2n) is 5.12. The lowest BCUT2D eigenvalue weighted by Gasteiger charge is -2.32. The largest absolute Gasteiger partial charge is 0.463 e. The van der Waals surface area contributed by atoms with Gasteiger partial charge in [-0.15, -0.1) is 0 Å². The summed E-state index contributed by atoms with van der Waals surface area (Å²) in [5.41, 5.74) is 1.30. The molecular formula is C16H18ClN3O. The Morgan fingerprint density at radius 3 is 2.52 bits per heavy atom. The van der Waals surface area contributed by atoms with Crippen molar-refractivity contribution >= 4 is 17.8 Å². The smallest absolute Gasteiger partial charge is 0.146 e. The van der Waals surface area contributed by atoms with Crippen molar-refractivity contribution < 1.29 is 4.42 Å². The van der Waals surface area contributed by atoms with Gasteiger partial charge in [0.15, 0.2) is 0 Å². The highest BCUT2D eigenvalue weighted by Crippen LogP contribution is 2.13. The summed E-state index contributed by atoms with van der Waals surface area (Å²) >= 11 is 5.91. The van der Waals surface area contributed by atoms with Gasteiger partial charge in [0.25, 0.3) is 0 Å². The van der Waals surface area contributed by atoms with Crippen molar-refractivity contribution in [3.8, 4) is 0 Å². The molecule has 0 bridgehead atoms. The van der Waals surface area contributed by atoms with E-state index < -0.39 is 0 Å². The van der Waals surface area contributed by atoms with Crippen LogP contribution in [0.2, 0.25) is 5.02 Å². The minimum Gasteiger partial charge on any atom is -0.463 e. The van der Waals surface area contributed by atoms with Gasteiger partial charge in [0.05, 0.1) is 12.5 Å². The van der Waals surface area contributed by atoms with Crippen molar-refractivity contribution in [1.29, 1.82) is 0 Å². The van der Waals surface area contributed by atoms with Crippen molar-refractivity contribution in [3.05, 3.63) is 59.0 Å². The fourth-order valence-electron chi connectivity index (χ4n) is 2.36. The lowest BCUT2D eigenvalue weighted by Crippen LogP contribution is -2.43. The molecule has 0 unspecified atom stereocenters. The van der Waals surface area contributed by atoms with Gasteiger partial charge in [-0.3, -0.25) is 9.91 Å². The second-order valence-corrected chi connectivity index (χ2v) is 5.55. The molecule has 5 heteroatoms. The van der Waals surface area contributed by atoms with Crippen molar-refractivity contribution in [2.75, 3.05) is 26.2 Å². The molecule has 0 radical (unpaired) electrons. The first-order valence-electron chi connectivity index (χ1n) is 7.09. The summed E-state index contributed by atoms with van der Waals surface area (Å²) in [6.07, 6.45) is 3.43. The lowest BCUT2D eigenvalue weighted by atomic mass is 10.2. The highest BCUT2D eigenvalue weighted by Gasteiger charge is 2.15. The van der Waals surface area contributed by atoms with E-state index in [1.165, 1.54) is 5.56 Å². The second kappa shape index (κ2) is 6.78. The number of piperazine rings is 1. The molecule has 1 aromatic heterocycles. The number of furan rings is 1. The van der Waals surface area contributed by atoms with Gasteiger partial charge in [-0.05, 0) is 29.8 Å². The molecule has 21 heavy (non-hydrogen) atoms. The topological polar surface area (TPSA) is 32.0 Å². The lowest BCUT2D eigenvalue weighted by molar-refractivity contribution is 0.131. The molecule has 1 aliphatic rings. The SMILES string of the molecule is Clc1ccc(CN2CCN(/N=C\c3ccco3)CC2)cc1. The van der Waals surface area contributed by atoms with Gasteiger partial charge in [-0.1, -0.05) is 23.7 Å². The third-order valence-corrected chi connectivity index (χ3v) is 3.81. The zero-order valence-corrected chi connectivity index (χ0v) is 12.5. The van der Waals surface area contributed by atoms with Crippen LogP contribution >= 0.6 is 11.6 Å². The molecule has 1 aromatic carbocycles. The van der Waals surface area contributed by atoms with Crippen LogP contribution in [0.3, 0.4) is 0 Å². The number of halogens is 1. The van der Waals surface area contributed by atoms with Crippen LogP contribution in [0.5, 0.6) is 0 Å². The Hall–Kier alpha value is -1.78. The van der Waals surface area contributed by atoms with Crippen molar-refractivity contribution in [2.24, 2.45) is 5.10 Å². The van der Waals surface area contributed by atoms with Crippen LogP contribution in [0.15, 0.2) is 52.2 Å². The summed E-state index contributed by atoms with van der Waals surface area (Å²) in [5, 5.41) is 7.32. The normalized spacial score (nSPS) is 16.7. The van der Waals surface area contributed by atoms with Crippen LogP contribution in [0.25, 0.3) is 0 Å². The first-order chi connectivity index (χ1) is 10.3. The Kier molecular flexibility index (Phi) is 4.58. The summed E-state index contributed by atoms with van der Waals surface area (Å²) in [4.78, 5) is 2.43. The first-order valence-corrected chi connectivity index (χ1v) is 7.47. The monoisotopic (exact) mass is 303 g/mol. The average Bonchev–Trinajstić information content (AvgIpc) is 3.02. The van der Waals surface area contributed by atoms with E-state index in [-0.39, 0.29) is 0 Å². The van der Waals surface area contributed by atoms with E-state index in [1.54, 1.807) is 12.5 Å². The Balaban J connectivity index is 1.47. The molecule has 4 nitrogen and oxygen atoms in total. The third kappa shape index (κ3) is 4.09. The minimum absolute atomic E-state index is 0.788. The van der Waals surface area contributed by atoms with Gasteiger partial charge in [0, 0.05) is 37.7 Å². The fraction of sp³-hybridized carbons (Fsp3) is 0.312. The summed E-state index contributed by atoms with van der Waals surface area (Å²) in [7, 11) is 0. The van der Waals surface area contributed by atoms with E-state index in [9.17, 15) is 0 Å². The van der Waals surface area contributed by atoms with Gasteiger partial charge in [0.2, 0.25) is 0 Å². The molecule has 0 amide bonds. The van der Waals surface area contributed by atoms with E-state index in [4.69, 9.17) is 16.0 Å². The quantitative estimate of drug-likeness (QED) is 0.814. The molecule has 3 rings (SSSR count). The molecule has 1 fully saturated rings. The van der Waals surface area contributed by atoms with E-state index in [0.717, 1.165) is 43.5 Å². The van der Waals surface area contributed by atoms with Crippen LogP contribution < -0.4 is 0 Å². The maximum atomic E-state index is 5.91. The van der Waals surface area contributed by atoms with Crippen LogP contribution in [0, 0.1) is 0 Å². The van der Waals surface area contributed by atoms with Crippen LogP contribution in [0.1, 0.15) is 11.3 Å². The summed E-state index contributed by atoms with van der Waals surface area (Å²) in [6, 6.07) is 11.8. The Bertz CT molecular complexity index is 572. The Morgan fingerprint density at radius 1 is 1.10 bits per heavy atom. The minimum atomic E-state index is 0.788. The predicted molar refractivity (Wildman–Crippen MR) is 84.6 cm³/mol. The van der Waals surface area contributed by atoms with Crippen LogP contribution in [-0.2, 0) is 6.54 Å². The van der Waals surface area contributed by atoms with Crippen LogP contribution in [-0.4, -0.2) is 42.3 Å². The number of rotatable bonds is 4. The molecule has 1 saturated heterocycles. The molecule has 2 aromatic rings. The number of nitrogens with zero attached hydrogens (tertiary/aromatic N) is 3. The number of hydrazone groups is 1. The van der Waals surface area contributed by atoms with Gasteiger partial charge in [-0.25, -0.2) is 0 Å². The van der Waals surface area contributed by atoms with E-state index in [1.807, 2.05) is 24.3 Å². The molecule has 110 valence electrons. The number of benzene rings is 1. The highest BCUT2D eigenvalue weighted by atomic mass is 35.5. The van der Waals surface area contributed by atoms with Crippen molar-refractivity contribution in [2.45, 2.75) is 6.54 Å². The van der Waals surface area contributed by atoms with Gasteiger partial charge < -0.3 is 4.42 Å². The average molecular weight is 304 g/mol. The van der Waals surface area contributed by atoms with Gasteiger partial charge >= 0.3 is 0 Å². The molecule has 2 heterocycles. The molecule has 0 atom stereocenters. The fourth-order valence-corrected chi connectivity index (χ4v) is 2.49. The summed E-state index contributed by atoms with van der Waals surface area (Å²) in [6.45, 7) is 4.86. The van der Waals surface area contributed by atoms with E-state index >= 15 is 0 Å². The maximum Gasteiger partial charge on any atom is 0.146 e. The zero-order chi connectivity index (χ0) is 14.5. The molecule has 1 aliphatic heterocycles.